The fourth-order valence-corrected chi connectivity index (χ4v) is 2.39. The van der Waals surface area contributed by atoms with Gasteiger partial charge in [0.1, 0.15) is 5.54 Å². The third-order valence-electron chi connectivity index (χ3n) is 4.61. The molecule has 118 valence electrons. The Labute approximate surface area is 124 Å². The highest BCUT2D eigenvalue weighted by molar-refractivity contribution is 5.80. The molecule has 1 aliphatic rings. The van der Waals surface area contributed by atoms with Gasteiger partial charge in [-0.3, -0.25) is 10.1 Å². The average Bonchev–Trinajstić information content (AvgIpc) is 3.16. The van der Waals surface area contributed by atoms with Gasteiger partial charge >= 0.3 is 5.97 Å². The highest BCUT2D eigenvalue weighted by atomic mass is 16.5. The molecule has 0 bridgehead atoms. The van der Waals surface area contributed by atoms with Gasteiger partial charge in [-0.1, -0.05) is 20.8 Å². The molecule has 20 heavy (non-hydrogen) atoms. The molecule has 4 nitrogen and oxygen atoms in total. The van der Waals surface area contributed by atoms with Crippen molar-refractivity contribution in [3.05, 3.63) is 0 Å². The number of ether oxygens (including phenoxy) is 1. The summed E-state index contributed by atoms with van der Waals surface area (Å²) < 4.78 is 4.98. The van der Waals surface area contributed by atoms with Crippen LogP contribution in [0, 0.1) is 5.41 Å². The Morgan fingerprint density at radius 1 is 1.35 bits per heavy atom. The molecular weight excluding hydrogens is 252 g/mol. The minimum absolute atomic E-state index is 0.152. The first-order chi connectivity index (χ1) is 9.10. The van der Waals surface area contributed by atoms with Gasteiger partial charge in [-0.15, -0.1) is 0 Å². The van der Waals surface area contributed by atoms with Crippen molar-refractivity contribution in [3.63, 3.8) is 0 Å². The molecule has 2 atom stereocenters. The van der Waals surface area contributed by atoms with E-state index in [0.717, 1.165) is 13.0 Å². The van der Waals surface area contributed by atoms with Crippen LogP contribution in [-0.2, 0) is 9.53 Å². The van der Waals surface area contributed by atoms with Gasteiger partial charge in [0.15, 0.2) is 0 Å². The second kappa shape index (κ2) is 6.44. The Kier molecular flexibility index (Phi) is 5.61. The highest BCUT2D eigenvalue weighted by Gasteiger charge is 2.39. The second-order valence-electron chi connectivity index (χ2n) is 7.51. The van der Waals surface area contributed by atoms with Crippen LogP contribution in [0.25, 0.3) is 0 Å². The molecule has 1 rings (SSSR count). The number of carbonyl (C=O) groups is 1. The average molecular weight is 284 g/mol. The van der Waals surface area contributed by atoms with E-state index in [1.54, 1.807) is 0 Å². The van der Waals surface area contributed by atoms with Gasteiger partial charge in [0.05, 0.1) is 7.11 Å². The lowest BCUT2D eigenvalue weighted by atomic mass is 9.86. The predicted molar refractivity (Wildman–Crippen MR) is 82.7 cm³/mol. The molecule has 0 aromatic heterocycles. The number of nitrogens with one attached hydrogen (secondary N) is 1. The summed E-state index contributed by atoms with van der Waals surface area (Å²) in [7, 11) is 3.60. The fraction of sp³-hybridized carbons (Fsp3) is 0.938. The van der Waals surface area contributed by atoms with Crippen molar-refractivity contribution in [2.75, 3.05) is 20.7 Å². The smallest absolute Gasteiger partial charge is 0.325 e. The van der Waals surface area contributed by atoms with Gasteiger partial charge < -0.3 is 9.64 Å². The summed E-state index contributed by atoms with van der Waals surface area (Å²) in [6, 6.07) is 0.953. The van der Waals surface area contributed by atoms with Gasteiger partial charge in [-0.25, -0.2) is 0 Å². The molecule has 0 spiro atoms. The number of methoxy groups -OCH3 is 1. The molecule has 0 aromatic rings. The Bertz CT molecular complexity index is 334. The van der Waals surface area contributed by atoms with Crippen LogP contribution in [0.4, 0.5) is 0 Å². The van der Waals surface area contributed by atoms with E-state index in [-0.39, 0.29) is 11.4 Å². The molecule has 0 amide bonds. The molecular formula is C16H32N2O2. The van der Waals surface area contributed by atoms with E-state index >= 15 is 0 Å². The minimum atomic E-state index is -0.568. The van der Waals surface area contributed by atoms with Crippen molar-refractivity contribution in [2.45, 2.75) is 71.5 Å². The lowest BCUT2D eigenvalue weighted by molar-refractivity contribution is -0.148. The standard InChI is InChI=1S/C16H32N2O2/c1-12(15(2,3)4)18(6)11-10-16(5,14(19)20-7)17-13-8-9-13/h12-13,17H,8-11H2,1-7H3. The minimum Gasteiger partial charge on any atom is -0.468 e. The van der Waals surface area contributed by atoms with Gasteiger partial charge in [-0.2, -0.15) is 0 Å². The van der Waals surface area contributed by atoms with E-state index in [9.17, 15) is 4.79 Å². The van der Waals surface area contributed by atoms with Crippen molar-refractivity contribution < 1.29 is 9.53 Å². The lowest BCUT2D eigenvalue weighted by Gasteiger charge is -2.37. The summed E-state index contributed by atoms with van der Waals surface area (Å²) in [5.41, 5.74) is -0.331. The number of rotatable bonds is 7. The van der Waals surface area contributed by atoms with Gasteiger partial charge in [0.25, 0.3) is 0 Å². The number of nitrogens with zero attached hydrogens (tertiary/aromatic N) is 1. The summed E-state index contributed by atoms with van der Waals surface area (Å²) in [4.78, 5) is 14.4. The number of carbonyl (C=O) groups excluding carboxylic acids is 1. The molecule has 1 saturated carbocycles. The molecule has 0 aliphatic heterocycles. The van der Waals surface area contributed by atoms with Gasteiger partial charge in [0.2, 0.25) is 0 Å². The Morgan fingerprint density at radius 2 is 1.90 bits per heavy atom. The molecule has 0 saturated heterocycles. The van der Waals surface area contributed by atoms with Crippen LogP contribution in [0.2, 0.25) is 0 Å². The van der Waals surface area contributed by atoms with Gasteiger partial charge in [-0.05, 0) is 45.6 Å². The molecule has 0 radical (unpaired) electrons. The monoisotopic (exact) mass is 284 g/mol. The molecule has 1 aliphatic carbocycles. The summed E-state index contributed by atoms with van der Waals surface area (Å²) in [5, 5.41) is 3.45. The maximum atomic E-state index is 12.1. The van der Waals surface area contributed by atoms with Crippen LogP contribution in [0.5, 0.6) is 0 Å². The number of hydrogen-bond acceptors (Lipinski definition) is 4. The molecule has 2 unspecified atom stereocenters. The normalized spacial score (nSPS) is 20.6. The zero-order valence-corrected chi connectivity index (χ0v) is 14.2. The van der Waals surface area contributed by atoms with Crippen molar-refractivity contribution >= 4 is 5.97 Å². The fourth-order valence-electron chi connectivity index (χ4n) is 2.39. The van der Waals surface area contributed by atoms with Crippen molar-refractivity contribution in [2.24, 2.45) is 5.41 Å². The van der Waals surface area contributed by atoms with Crippen LogP contribution in [-0.4, -0.2) is 49.2 Å². The first kappa shape index (κ1) is 17.4. The summed E-state index contributed by atoms with van der Waals surface area (Å²) >= 11 is 0. The van der Waals surface area contributed by atoms with Crippen LogP contribution in [0.15, 0.2) is 0 Å². The molecule has 1 fully saturated rings. The highest BCUT2D eigenvalue weighted by Crippen LogP contribution is 2.27. The Hall–Kier alpha value is -0.610. The van der Waals surface area contributed by atoms with E-state index in [1.807, 2.05) is 6.92 Å². The number of hydrogen-bond donors (Lipinski definition) is 1. The van der Waals surface area contributed by atoms with Crippen LogP contribution in [0.3, 0.4) is 0 Å². The second-order valence-corrected chi connectivity index (χ2v) is 7.51. The third-order valence-corrected chi connectivity index (χ3v) is 4.61. The Morgan fingerprint density at radius 3 is 2.30 bits per heavy atom. The zero-order valence-electron chi connectivity index (χ0n) is 14.2. The van der Waals surface area contributed by atoms with E-state index in [0.29, 0.717) is 12.1 Å². The lowest BCUT2D eigenvalue weighted by Crippen LogP contribution is -2.53. The largest absolute Gasteiger partial charge is 0.468 e. The van der Waals surface area contributed by atoms with E-state index in [1.165, 1.54) is 20.0 Å². The number of esters is 1. The van der Waals surface area contributed by atoms with Crippen LogP contribution >= 0.6 is 0 Å². The first-order valence-electron chi connectivity index (χ1n) is 7.66. The van der Waals surface area contributed by atoms with Gasteiger partial charge in [0, 0.05) is 18.6 Å². The molecule has 0 aromatic carbocycles. The topological polar surface area (TPSA) is 41.6 Å². The zero-order chi connectivity index (χ0) is 15.6. The molecule has 4 heteroatoms. The first-order valence-corrected chi connectivity index (χ1v) is 7.66. The summed E-state index contributed by atoms with van der Waals surface area (Å²) in [6.45, 7) is 11.8. The van der Waals surface area contributed by atoms with E-state index in [2.05, 4.69) is 45.0 Å². The van der Waals surface area contributed by atoms with Crippen LogP contribution < -0.4 is 5.32 Å². The van der Waals surface area contributed by atoms with Crippen molar-refractivity contribution in [1.82, 2.24) is 10.2 Å². The summed E-state index contributed by atoms with van der Waals surface area (Å²) in [6.07, 6.45) is 3.11. The van der Waals surface area contributed by atoms with Crippen molar-refractivity contribution in [1.29, 1.82) is 0 Å². The van der Waals surface area contributed by atoms with Crippen molar-refractivity contribution in [3.8, 4) is 0 Å². The molecule has 0 heterocycles. The van der Waals surface area contributed by atoms with E-state index in [4.69, 9.17) is 4.74 Å². The van der Waals surface area contributed by atoms with Crippen LogP contribution in [0.1, 0.15) is 53.9 Å². The Balaban J connectivity index is 2.59. The maximum absolute atomic E-state index is 12.1. The predicted octanol–water partition coefficient (Wildman–Crippen LogP) is 2.43. The molecule has 1 N–H and O–H groups in total. The quantitative estimate of drug-likeness (QED) is 0.729. The third kappa shape index (κ3) is 4.74. The maximum Gasteiger partial charge on any atom is 0.325 e. The SMILES string of the molecule is COC(=O)C(C)(CCN(C)C(C)C(C)(C)C)NC1CC1. The van der Waals surface area contributed by atoms with E-state index < -0.39 is 5.54 Å². The summed E-state index contributed by atoms with van der Waals surface area (Å²) in [5.74, 6) is -0.152.